The Hall–Kier alpha value is -0.670. The fourth-order valence-corrected chi connectivity index (χ4v) is 0.921. The van der Waals surface area contributed by atoms with Crippen LogP contribution in [-0.2, 0) is 4.79 Å². The Labute approximate surface area is 107 Å². The van der Waals surface area contributed by atoms with Gasteiger partial charge in [-0.3, -0.25) is 0 Å². The summed E-state index contributed by atoms with van der Waals surface area (Å²) in [7, 11) is 0. The molecule has 0 atom stereocenters. The summed E-state index contributed by atoms with van der Waals surface area (Å²) in [5, 5.41) is 0. The first-order valence-corrected chi connectivity index (χ1v) is 6.36. The summed E-state index contributed by atoms with van der Waals surface area (Å²) in [6.45, 7) is 4.87. The smallest absolute Gasteiger partial charge is 0.120 e. The van der Waals surface area contributed by atoms with Crippen LogP contribution in [0.1, 0.15) is 33.1 Å². The van der Waals surface area contributed by atoms with Crippen LogP contribution < -0.4 is 5.73 Å². The summed E-state index contributed by atoms with van der Waals surface area (Å²) in [5.41, 5.74) is 5.06. The summed E-state index contributed by atoms with van der Waals surface area (Å²) in [6.07, 6.45) is 3.56. The van der Waals surface area contributed by atoms with E-state index in [0.717, 1.165) is 17.2 Å². The van der Waals surface area contributed by atoms with Crippen molar-refractivity contribution in [2.75, 3.05) is 6.54 Å². The van der Waals surface area contributed by atoms with E-state index in [4.69, 9.17) is 5.73 Å². The van der Waals surface area contributed by atoms with Gasteiger partial charge in [0.1, 0.15) is 6.29 Å². The number of aldehydes is 1. The molecule has 0 spiro atoms. The van der Waals surface area contributed by atoms with Gasteiger partial charge in [0.2, 0.25) is 0 Å². The lowest BCUT2D eigenvalue weighted by Gasteiger charge is -1.80. The van der Waals surface area contributed by atoms with E-state index >= 15 is 0 Å². The van der Waals surface area contributed by atoms with Crippen molar-refractivity contribution >= 4 is 22.2 Å². The zero-order valence-electron chi connectivity index (χ0n) is 10.2. The zero-order valence-corrected chi connectivity index (χ0v) is 11.7. The van der Waals surface area contributed by atoms with Gasteiger partial charge in [0.25, 0.3) is 0 Å². The Morgan fingerprint density at radius 1 is 1.25 bits per heavy atom. The predicted octanol–water partition coefficient (Wildman–Crippen LogP) is 3.79. The lowest BCUT2D eigenvalue weighted by atomic mass is 10.3. The average Bonchev–Trinajstić information content (AvgIpc) is 2.29. The van der Waals surface area contributed by atoms with E-state index in [-0.39, 0.29) is 0 Å². The van der Waals surface area contributed by atoms with E-state index in [2.05, 4.69) is 29.8 Å². The van der Waals surface area contributed by atoms with Crippen LogP contribution in [0.15, 0.2) is 34.8 Å². The summed E-state index contributed by atoms with van der Waals surface area (Å²) in [5.74, 6) is 0. The zero-order chi connectivity index (χ0) is 12.6. The molecule has 1 rings (SSSR count). The van der Waals surface area contributed by atoms with Gasteiger partial charge >= 0.3 is 0 Å². The van der Waals surface area contributed by atoms with Gasteiger partial charge in [-0.05, 0) is 25.1 Å². The van der Waals surface area contributed by atoms with Gasteiger partial charge in [0.15, 0.2) is 0 Å². The second-order valence-electron chi connectivity index (χ2n) is 3.10. The fraction of sp³-hybridized carbons (Fsp3) is 0.462. The molecule has 0 radical (unpaired) electrons. The van der Waals surface area contributed by atoms with Crippen LogP contribution in [0.3, 0.4) is 0 Å². The van der Waals surface area contributed by atoms with Gasteiger partial charge in [-0.2, -0.15) is 0 Å². The van der Waals surface area contributed by atoms with Gasteiger partial charge in [-0.15, -0.1) is 0 Å². The lowest BCUT2D eigenvalue weighted by Crippen LogP contribution is -1.97. The number of hydrogen-bond acceptors (Lipinski definition) is 2. The molecule has 0 bridgehead atoms. The molecule has 92 valence electrons. The van der Waals surface area contributed by atoms with Gasteiger partial charge in [0, 0.05) is 10.9 Å². The second kappa shape index (κ2) is 16.7. The van der Waals surface area contributed by atoms with Crippen LogP contribution in [0, 0.1) is 0 Å². The van der Waals surface area contributed by atoms with Crippen molar-refractivity contribution in [1.82, 2.24) is 0 Å². The predicted molar refractivity (Wildman–Crippen MR) is 74.5 cm³/mol. The number of rotatable bonds is 3. The number of unbranched alkanes of at least 4 members (excludes halogenated alkanes) is 1. The molecule has 0 fully saturated rings. The maximum atomic E-state index is 9.51. The van der Waals surface area contributed by atoms with Crippen LogP contribution in [0.2, 0.25) is 0 Å². The summed E-state index contributed by atoms with van der Waals surface area (Å²) >= 11 is 3.31. The minimum Gasteiger partial charge on any atom is -0.330 e. The molecule has 2 N–H and O–H groups in total. The standard InChI is InChI=1S/C6H5Br.C4H9NO.C3H8/c7-6-4-2-1-3-5-6;5-3-1-2-4-6;1-3-2/h1-5H;4H,1-3,5H2;3H2,1-2H3. The molecule has 0 unspecified atom stereocenters. The normalized spacial score (nSPS) is 8.00. The number of benzene rings is 1. The highest BCUT2D eigenvalue weighted by Crippen LogP contribution is 2.05. The molecule has 1 aromatic rings. The average molecular weight is 288 g/mol. The molecule has 0 aromatic heterocycles. The Kier molecular flexibility index (Phi) is 18.5. The lowest BCUT2D eigenvalue weighted by molar-refractivity contribution is -0.107. The van der Waals surface area contributed by atoms with Gasteiger partial charge < -0.3 is 10.5 Å². The minimum absolute atomic E-state index is 0.608. The van der Waals surface area contributed by atoms with E-state index in [9.17, 15) is 4.79 Å². The number of carbonyl (C=O) groups excluding carboxylic acids is 1. The highest BCUT2D eigenvalue weighted by molar-refractivity contribution is 9.10. The van der Waals surface area contributed by atoms with Crippen molar-refractivity contribution in [1.29, 1.82) is 0 Å². The molecular formula is C13H22BrNO. The Balaban J connectivity index is 0. The molecule has 0 saturated carbocycles. The first-order valence-electron chi connectivity index (χ1n) is 5.57. The third kappa shape index (κ3) is 19.0. The molecule has 3 heteroatoms. The topological polar surface area (TPSA) is 43.1 Å². The second-order valence-corrected chi connectivity index (χ2v) is 4.02. The van der Waals surface area contributed by atoms with Gasteiger partial charge in [0.05, 0.1) is 0 Å². The molecule has 0 aliphatic carbocycles. The molecule has 0 amide bonds. The molecule has 0 heterocycles. The summed E-state index contributed by atoms with van der Waals surface area (Å²) < 4.78 is 1.13. The van der Waals surface area contributed by atoms with Crippen molar-refractivity contribution < 1.29 is 4.79 Å². The van der Waals surface area contributed by atoms with Crippen molar-refractivity contribution in [2.45, 2.75) is 33.1 Å². The third-order valence-electron chi connectivity index (χ3n) is 1.26. The molecule has 1 aromatic carbocycles. The van der Waals surface area contributed by atoms with Crippen LogP contribution in [0.4, 0.5) is 0 Å². The van der Waals surface area contributed by atoms with E-state index in [1.165, 1.54) is 6.42 Å². The van der Waals surface area contributed by atoms with Gasteiger partial charge in [-0.25, -0.2) is 0 Å². The monoisotopic (exact) mass is 287 g/mol. The number of hydrogen-bond donors (Lipinski definition) is 1. The SMILES string of the molecule is Brc1ccccc1.CCC.NCCCC=O. The van der Waals surface area contributed by atoms with Crippen LogP contribution in [-0.4, -0.2) is 12.8 Å². The van der Waals surface area contributed by atoms with Crippen molar-refractivity contribution in [3.63, 3.8) is 0 Å². The van der Waals surface area contributed by atoms with E-state index in [1.807, 2.05) is 30.3 Å². The van der Waals surface area contributed by atoms with Crippen LogP contribution >= 0.6 is 15.9 Å². The quantitative estimate of drug-likeness (QED) is 0.679. The summed E-state index contributed by atoms with van der Waals surface area (Å²) in [4.78, 5) is 9.51. The first-order chi connectivity index (χ1) is 7.72. The molecule has 0 aliphatic rings. The van der Waals surface area contributed by atoms with Crippen LogP contribution in [0.25, 0.3) is 0 Å². The molecular weight excluding hydrogens is 266 g/mol. The summed E-state index contributed by atoms with van der Waals surface area (Å²) in [6, 6.07) is 9.97. The van der Waals surface area contributed by atoms with Gasteiger partial charge in [-0.1, -0.05) is 54.4 Å². The Morgan fingerprint density at radius 3 is 1.94 bits per heavy atom. The van der Waals surface area contributed by atoms with Crippen molar-refractivity contribution in [3.05, 3.63) is 34.8 Å². The van der Waals surface area contributed by atoms with Crippen molar-refractivity contribution in [2.24, 2.45) is 5.73 Å². The number of nitrogens with two attached hydrogens (primary N) is 1. The number of halogens is 1. The van der Waals surface area contributed by atoms with Crippen LogP contribution in [0.5, 0.6) is 0 Å². The molecule has 0 aliphatic heterocycles. The van der Waals surface area contributed by atoms with E-state index in [0.29, 0.717) is 13.0 Å². The Bertz CT molecular complexity index is 227. The molecule has 0 saturated heterocycles. The first kappa shape index (κ1) is 17.7. The molecule has 16 heavy (non-hydrogen) atoms. The largest absolute Gasteiger partial charge is 0.330 e. The minimum atomic E-state index is 0.608. The maximum absolute atomic E-state index is 9.51. The van der Waals surface area contributed by atoms with E-state index < -0.39 is 0 Å². The maximum Gasteiger partial charge on any atom is 0.120 e. The third-order valence-corrected chi connectivity index (χ3v) is 1.79. The highest BCUT2D eigenvalue weighted by atomic mass is 79.9. The number of carbonyl (C=O) groups is 1. The Morgan fingerprint density at radius 2 is 1.75 bits per heavy atom. The fourth-order valence-electron chi connectivity index (χ4n) is 0.616. The molecule has 2 nitrogen and oxygen atoms in total. The van der Waals surface area contributed by atoms with Crippen molar-refractivity contribution in [3.8, 4) is 0 Å². The van der Waals surface area contributed by atoms with E-state index in [1.54, 1.807) is 0 Å². The highest BCUT2D eigenvalue weighted by Gasteiger charge is 1.75.